The molecule has 0 N–H and O–H groups in total. The third-order valence-electron chi connectivity index (χ3n) is 5.62. The van der Waals surface area contributed by atoms with Crippen LogP contribution in [0.1, 0.15) is 41.5 Å². The summed E-state index contributed by atoms with van der Waals surface area (Å²) in [6, 6.07) is 14.0. The van der Waals surface area contributed by atoms with E-state index in [1.807, 2.05) is 12.1 Å². The number of carbonyl (C=O) groups is 1. The maximum Gasteiger partial charge on any atom is 0.257 e. The Morgan fingerprint density at radius 2 is 1.59 bits per heavy atom. The second-order valence-corrected chi connectivity index (χ2v) is 10.1. The van der Waals surface area contributed by atoms with E-state index in [0.29, 0.717) is 36.3 Å². The maximum atomic E-state index is 13.0. The van der Waals surface area contributed by atoms with Gasteiger partial charge < -0.3 is 9.42 Å². The third-order valence-corrected chi connectivity index (χ3v) is 7.53. The van der Waals surface area contributed by atoms with Gasteiger partial charge >= 0.3 is 0 Å². The predicted molar refractivity (Wildman–Crippen MR) is 120 cm³/mol. The molecule has 4 rings (SSSR count). The van der Waals surface area contributed by atoms with Gasteiger partial charge in [0.1, 0.15) is 0 Å². The van der Waals surface area contributed by atoms with E-state index in [4.69, 9.17) is 4.52 Å². The second kappa shape index (κ2) is 8.84. The fourth-order valence-corrected chi connectivity index (χ4v) is 5.08. The highest BCUT2D eigenvalue weighted by Crippen LogP contribution is 2.22. The summed E-state index contributed by atoms with van der Waals surface area (Å²) in [4.78, 5) is 19.0. The summed E-state index contributed by atoms with van der Waals surface area (Å²) in [5.74, 6) is 1.16. The van der Waals surface area contributed by atoms with E-state index in [1.165, 1.54) is 4.31 Å². The van der Waals surface area contributed by atoms with E-state index < -0.39 is 10.0 Å². The van der Waals surface area contributed by atoms with E-state index >= 15 is 0 Å². The predicted octanol–water partition coefficient (Wildman–Crippen LogP) is 3.32. The minimum absolute atomic E-state index is 0.128. The molecule has 32 heavy (non-hydrogen) atoms. The summed E-state index contributed by atoms with van der Waals surface area (Å²) in [6.45, 7) is 7.09. The third kappa shape index (κ3) is 4.44. The number of hydrogen-bond acceptors (Lipinski definition) is 6. The molecule has 3 aromatic rings. The molecule has 2 heterocycles. The molecule has 1 aliphatic heterocycles. The lowest BCUT2D eigenvalue weighted by atomic mass is 10.0. The first-order valence-electron chi connectivity index (χ1n) is 10.6. The summed E-state index contributed by atoms with van der Waals surface area (Å²) < 4.78 is 32.6. The molecule has 0 spiro atoms. The van der Waals surface area contributed by atoms with Gasteiger partial charge in [0.05, 0.1) is 4.90 Å². The quantitative estimate of drug-likeness (QED) is 0.587. The van der Waals surface area contributed by atoms with Gasteiger partial charge in [0.15, 0.2) is 5.82 Å². The minimum atomic E-state index is -3.58. The number of aryl methyl sites for hydroxylation is 1. The average Bonchev–Trinajstić information content (AvgIpc) is 3.25. The molecule has 1 saturated heterocycles. The average molecular weight is 455 g/mol. The molecule has 0 bridgehead atoms. The molecule has 0 radical (unpaired) electrons. The van der Waals surface area contributed by atoms with Crippen LogP contribution < -0.4 is 0 Å². The minimum Gasteiger partial charge on any atom is -0.336 e. The fourth-order valence-electron chi connectivity index (χ4n) is 3.66. The van der Waals surface area contributed by atoms with Crippen molar-refractivity contribution in [3.05, 3.63) is 65.5 Å². The first-order valence-corrected chi connectivity index (χ1v) is 12.0. The zero-order valence-electron chi connectivity index (χ0n) is 18.4. The SMILES string of the molecule is Cc1noc(-c2ccc(C(=O)N3CCN(S(=O)(=O)c4ccc(C(C)C)cc4)CC3)cc2)n1. The Morgan fingerprint density at radius 3 is 2.12 bits per heavy atom. The zero-order chi connectivity index (χ0) is 22.9. The van der Waals surface area contributed by atoms with Crippen molar-refractivity contribution in [1.82, 2.24) is 19.3 Å². The summed E-state index contributed by atoms with van der Waals surface area (Å²) >= 11 is 0. The molecule has 1 aliphatic rings. The van der Waals surface area contributed by atoms with Gasteiger partial charge in [-0.3, -0.25) is 4.79 Å². The highest BCUT2D eigenvalue weighted by molar-refractivity contribution is 7.89. The van der Waals surface area contributed by atoms with E-state index in [2.05, 4.69) is 24.0 Å². The van der Waals surface area contributed by atoms with Crippen molar-refractivity contribution in [2.75, 3.05) is 26.2 Å². The number of aromatic nitrogens is 2. The van der Waals surface area contributed by atoms with Crippen molar-refractivity contribution in [2.45, 2.75) is 31.6 Å². The Morgan fingerprint density at radius 1 is 0.969 bits per heavy atom. The van der Waals surface area contributed by atoms with Crippen LogP contribution in [-0.4, -0.2) is 59.8 Å². The molecule has 1 amide bonds. The van der Waals surface area contributed by atoms with Crippen molar-refractivity contribution in [2.24, 2.45) is 0 Å². The number of nitrogens with zero attached hydrogens (tertiary/aromatic N) is 4. The second-order valence-electron chi connectivity index (χ2n) is 8.14. The summed E-state index contributed by atoms with van der Waals surface area (Å²) in [6.07, 6.45) is 0. The molecule has 0 unspecified atom stereocenters. The Labute approximate surface area is 187 Å². The number of piperazine rings is 1. The van der Waals surface area contributed by atoms with Gasteiger partial charge in [0.2, 0.25) is 10.0 Å². The molecule has 168 valence electrons. The lowest BCUT2D eigenvalue weighted by molar-refractivity contribution is 0.0698. The highest BCUT2D eigenvalue weighted by atomic mass is 32.2. The van der Waals surface area contributed by atoms with Crippen LogP contribution in [0, 0.1) is 6.92 Å². The molecule has 9 heteroatoms. The lowest BCUT2D eigenvalue weighted by Gasteiger charge is -2.34. The van der Waals surface area contributed by atoms with Crippen LogP contribution in [0.15, 0.2) is 57.9 Å². The number of hydrogen-bond donors (Lipinski definition) is 0. The summed E-state index contributed by atoms with van der Waals surface area (Å²) in [7, 11) is -3.58. The van der Waals surface area contributed by atoms with Crippen LogP contribution in [0.2, 0.25) is 0 Å². The lowest BCUT2D eigenvalue weighted by Crippen LogP contribution is -2.50. The Hall–Kier alpha value is -3.04. The van der Waals surface area contributed by atoms with Crippen molar-refractivity contribution in [1.29, 1.82) is 0 Å². The molecule has 0 aliphatic carbocycles. The standard InChI is InChI=1S/C23H26N4O4S/c1-16(2)18-8-10-21(11-9-18)32(29,30)27-14-12-26(13-15-27)23(28)20-6-4-19(5-7-20)22-24-17(3)25-31-22/h4-11,16H,12-15H2,1-3H3. The zero-order valence-corrected chi connectivity index (χ0v) is 19.2. The van der Waals surface area contributed by atoms with Gasteiger partial charge in [-0.2, -0.15) is 9.29 Å². The molecular formula is C23H26N4O4S. The first kappa shape index (κ1) is 22.2. The number of carbonyl (C=O) groups excluding carboxylic acids is 1. The molecule has 8 nitrogen and oxygen atoms in total. The van der Waals surface area contributed by atoms with Gasteiger partial charge in [-0.1, -0.05) is 31.1 Å². The van der Waals surface area contributed by atoms with Crippen molar-refractivity contribution in [3.63, 3.8) is 0 Å². The van der Waals surface area contributed by atoms with Crippen LogP contribution in [0.4, 0.5) is 0 Å². The fraction of sp³-hybridized carbons (Fsp3) is 0.348. The summed E-state index contributed by atoms with van der Waals surface area (Å²) in [5, 5.41) is 3.77. The number of rotatable bonds is 5. The molecule has 1 aromatic heterocycles. The van der Waals surface area contributed by atoms with Crippen molar-refractivity contribution >= 4 is 15.9 Å². The van der Waals surface area contributed by atoms with Gasteiger partial charge in [-0.15, -0.1) is 0 Å². The molecular weight excluding hydrogens is 428 g/mol. The maximum absolute atomic E-state index is 13.0. The normalized spacial score (nSPS) is 15.3. The van der Waals surface area contributed by atoms with Gasteiger partial charge in [0, 0.05) is 37.3 Å². The first-order chi connectivity index (χ1) is 15.3. The molecule has 0 saturated carbocycles. The molecule has 1 fully saturated rings. The largest absolute Gasteiger partial charge is 0.336 e. The Kier molecular flexibility index (Phi) is 6.12. The van der Waals surface area contributed by atoms with Gasteiger partial charge in [0.25, 0.3) is 11.8 Å². The van der Waals surface area contributed by atoms with E-state index in [0.717, 1.165) is 11.1 Å². The van der Waals surface area contributed by atoms with E-state index in [9.17, 15) is 13.2 Å². The number of benzene rings is 2. The van der Waals surface area contributed by atoms with Crippen molar-refractivity contribution in [3.8, 4) is 11.5 Å². The topological polar surface area (TPSA) is 96.6 Å². The van der Waals surface area contributed by atoms with Gasteiger partial charge in [-0.25, -0.2) is 8.42 Å². The van der Waals surface area contributed by atoms with Crippen LogP contribution in [0.25, 0.3) is 11.5 Å². The molecule has 0 atom stereocenters. The molecule has 2 aromatic carbocycles. The van der Waals surface area contributed by atoms with E-state index in [1.54, 1.807) is 48.2 Å². The number of sulfonamides is 1. The Bertz CT molecular complexity index is 1190. The Balaban J connectivity index is 1.40. The summed E-state index contributed by atoms with van der Waals surface area (Å²) in [5.41, 5.74) is 2.37. The van der Waals surface area contributed by atoms with Crippen LogP contribution in [0.3, 0.4) is 0 Å². The van der Waals surface area contributed by atoms with Crippen LogP contribution in [-0.2, 0) is 10.0 Å². The van der Waals surface area contributed by atoms with Crippen LogP contribution in [0.5, 0.6) is 0 Å². The van der Waals surface area contributed by atoms with Crippen molar-refractivity contribution < 1.29 is 17.7 Å². The highest BCUT2D eigenvalue weighted by Gasteiger charge is 2.30. The van der Waals surface area contributed by atoms with Crippen LogP contribution >= 0.6 is 0 Å². The smallest absolute Gasteiger partial charge is 0.257 e. The van der Waals surface area contributed by atoms with E-state index in [-0.39, 0.29) is 23.9 Å². The monoisotopic (exact) mass is 454 g/mol. The number of amides is 1. The van der Waals surface area contributed by atoms with Gasteiger partial charge in [-0.05, 0) is 54.8 Å².